The van der Waals surface area contributed by atoms with E-state index < -0.39 is 5.97 Å². The van der Waals surface area contributed by atoms with Crippen LogP contribution in [0.3, 0.4) is 0 Å². The first-order chi connectivity index (χ1) is 8.97. The van der Waals surface area contributed by atoms with Crippen LogP contribution in [0.2, 0.25) is 0 Å². The Morgan fingerprint density at radius 3 is 2.74 bits per heavy atom. The fraction of sp³-hybridized carbons (Fsp3) is 0.0769. The number of aromatic carboxylic acids is 1. The number of pyridine rings is 1. The number of carboxylic acid groups (broad SMARTS) is 1. The Kier molecular flexibility index (Phi) is 3.71. The van der Waals surface area contributed by atoms with Crippen LogP contribution < -0.4 is 10.5 Å². The average Bonchev–Trinajstić information content (AvgIpc) is 2.34. The molecule has 0 saturated carbocycles. The monoisotopic (exact) mass is 322 g/mol. The number of aromatic nitrogens is 1. The third-order valence-electron chi connectivity index (χ3n) is 2.42. The van der Waals surface area contributed by atoms with Gasteiger partial charge in [-0.3, -0.25) is 0 Å². The van der Waals surface area contributed by atoms with Crippen LogP contribution in [0.1, 0.15) is 15.9 Å². The van der Waals surface area contributed by atoms with Crippen molar-refractivity contribution in [1.29, 1.82) is 0 Å². The minimum atomic E-state index is -1.08. The van der Waals surface area contributed by atoms with Gasteiger partial charge in [-0.05, 0) is 46.6 Å². The molecule has 0 aliphatic rings. The number of aryl methyl sites for hydroxylation is 1. The highest BCUT2D eigenvalue weighted by molar-refractivity contribution is 9.10. The summed E-state index contributed by atoms with van der Waals surface area (Å²) in [4.78, 5) is 14.7. The van der Waals surface area contributed by atoms with E-state index in [1.165, 1.54) is 12.3 Å². The van der Waals surface area contributed by atoms with E-state index in [2.05, 4.69) is 20.9 Å². The van der Waals surface area contributed by atoms with Gasteiger partial charge in [-0.2, -0.15) is 0 Å². The second-order valence-electron chi connectivity index (χ2n) is 3.96. The van der Waals surface area contributed by atoms with E-state index in [0.29, 0.717) is 5.75 Å². The van der Waals surface area contributed by atoms with Crippen LogP contribution in [-0.2, 0) is 0 Å². The van der Waals surface area contributed by atoms with Crippen LogP contribution in [0.4, 0.5) is 5.69 Å². The lowest BCUT2D eigenvalue weighted by atomic mass is 10.2. The summed E-state index contributed by atoms with van der Waals surface area (Å²) in [5.74, 6) is -0.343. The molecule has 6 heteroatoms. The molecule has 0 unspecified atom stereocenters. The molecule has 0 radical (unpaired) electrons. The van der Waals surface area contributed by atoms with Crippen molar-refractivity contribution in [2.24, 2.45) is 0 Å². The smallest absolute Gasteiger partial charge is 0.337 e. The summed E-state index contributed by atoms with van der Waals surface area (Å²) in [5, 5.41) is 8.82. The van der Waals surface area contributed by atoms with Gasteiger partial charge in [0.25, 0.3) is 0 Å². The molecule has 0 spiro atoms. The maximum absolute atomic E-state index is 10.8. The maximum Gasteiger partial charge on any atom is 0.337 e. The van der Waals surface area contributed by atoms with Crippen molar-refractivity contribution in [3.8, 4) is 11.6 Å². The van der Waals surface area contributed by atoms with Gasteiger partial charge < -0.3 is 15.6 Å². The first kappa shape index (κ1) is 13.4. The fourth-order valence-corrected chi connectivity index (χ4v) is 2.04. The highest BCUT2D eigenvalue weighted by atomic mass is 79.9. The standard InChI is InChI=1S/C13H11BrN2O3/c1-7-2-3-11(9(14)4-7)19-12-10(15)5-8(6-16-12)13(17)18/h2-6H,15H2,1H3,(H,17,18). The largest absolute Gasteiger partial charge is 0.478 e. The molecule has 2 rings (SSSR count). The fourth-order valence-electron chi connectivity index (χ4n) is 1.46. The molecular formula is C13H11BrN2O3. The van der Waals surface area contributed by atoms with E-state index in [1.54, 1.807) is 6.07 Å². The van der Waals surface area contributed by atoms with Crippen LogP contribution in [0.25, 0.3) is 0 Å². The summed E-state index contributed by atoms with van der Waals surface area (Å²) in [5.41, 5.74) is 7.00. The number of benzene rings is 1. The number of halogens is 1. The predicted molar refractivity (Wildman–Crippen MR) is 74.6 cm³/mol. The van der Waals surface area contributed by atoms with Crippen LogP contribution in [0.5, 0.6) is 11.6 Å². The molecule has 0 saturated heterocycles. The summed E-state index contributed by atoms with van der Waals surface area (Å²) in [7, 11) is 0. The molecule has 1 aromatic carbocycles. The number of rotatable bonds is 3. The Balaban J connectivity index is 2.31. The molecule has 1 heterocycles. The second kappa shape index (κ2) is 5.27. The van der Waals surface area contributed by atoms with Crippen LogP contribution in [-0.4, -0.2) is 16.1 Å². The highest BCUT2D eigenvalue weighted by Gasteiger charge is 2.11. The SMILES string of the molecule is Cc1ccc(Oc2ncc(C(=O)O)cc2N)c(Br)c1. The zero-order chi connectivity index (χ0) is 14.0. The molecule has 5 nitrogen and oxygen atoms in total. The normalized spacial score (nSPS) is 10.2. The molecule has 1 aromatic heterocycles. The van der Waals surface area contributed by atoms with E-state index in [-0.39, 0.29) is 17.1 Å². The Bertz CT molecular complexity index is 644. The topological polar surface area (TPSA) is 85.4 Å². The minimum Gasteiger partial charge on any atom is -0.478 e. The lowest BCUT2D eigenvalue weighted by molar-refractivity contribution is 0.0696. The first-order valence-electron chi connectivity index (χ1n) is 5.40. The molecule has 19 heavy (non-hydrogen) atoms. The number of ether oxygens (including phenoxy) is 1. The van der Waals surface area contributed by atoms with Crippen LogP contribution in [0.15, 0.2) is 34.9 Å². The van der Waals surface area contributed by atoms with Crippen molar-refractivity contribution in [3.05, 3.63) is 46.1 Å². The molecule has 98 valence electrons. The van der Waals surface area contributed by atoms with E-state index in [1.807, 2.05) is 19.1 Å². The first-order valence-corrected chi connectivity index (χ1v) is 6.19. The van der Waals surface area contributed by atoms with E-state index in [4.69, 9.17) is 15.6 Å². The maximum atomic E-state index is 10.8. The second-order valence-corrected chi connectivity index (χ2v) is 4.81. The summed E-state index contributed by atoms with van der Waals surface area (Å²) in [6.45, 7) is 1.96. The highest BCUT2D eigenvalue weighted by Crippen LogP contribution is 2.32. The molecule has 3 N–H and O–H groups in total. The number of carboxylic acids is 1. The van der Waals surface area contributed by atoms with Crippen LogP contribution >= 0.6 is 15.9 Å². The zero-order valence-electron chi connectivity index (χ0n) is 10.1. The minimum absolute atomic E-state index is 0.0211. The molecule has 0 aliphatic heterocycles. The van der Waals surface area contributed by atoms with Gasteiger partial charge >= 0.3 is 5.97 Å². The molecule has 0 fully saturated rings. The Morgan fingerprint density at radius 2 is 2.16 bits per heavy atom. The van der Waals surface area contributed by atoms with Gasteiger partial charge in [0.15, 0.2) is 0 Å². The van der Waals surface area contributed by atoms with Gasteiger partial charge in [0, 0.05) is 6.20 Å². The van der Waals surface area contributed by atoms with Gasteiger partial charge in [-0.25, -0.2) is 9.78 Å². The third-order valence-corrected chi connectivity index (χ3v) is 3.04. The lowest BCUT2D eigenvalue weighted by Crippen LogP contribution is -2.02. The zero-order valence-corrected chi connectivity index (χ0v) is 11.6. The third kappa shape index (κ3) is 3.03. The van der Waals surface area contributed by atoms with Crippen molar-refractivity contribution in [2.45, 2.75) is 6.92 Å². The predicted octanol–water partition coefficient (Wildman–Crippen LogP) is 3.23. The number of nitrogens with zero attached hydrogens (tertiary/aromatic N) is 1. The Morgan fingerprint density at radius 1 is 1.42 bits per heavy atom. The van der Waals surface area contributed by atoms with Crippen molar-refractivity contribution >= 4 is 27.6 Å². The number of nitrogens with two attached hydrogens (primary N) is 1. The molecule has 0 bridgehead atoms. The number of carbonyl (C=O) groups is 1. The number of anilines is 1. The van der Waals surface area contributed by atoms with Gasteiger partial charge in [-0.1, -0.05) is 6.07 Å². The van der Waals surface area contributed by atoms with Crippen LogP contribution in [0, 0.1) is 6.92 Å². The van der Waals surface area contributed by atoms with Gasteiger partial charge in [0.1, 0.15) is 5.75 Å². The van der Waals surface area contributed by atoms with Gasteiger partial charge in [0.05, 0.1) is 15.7 Å². The molecular weight excluding hydrogens is 312 g/mol. The van der Waals surface area contributed by atoms with Gasteiger partial charge in [-0.15, -0.1) is 0 Å². The lowest BCUT2D eigenvalue weighted by Gasteiger charge is -2.09. The quantitative estimate of drug-likeness (QED) is 0.906. The van der Waals surface area contributed by atoms with Gasteiger partial charge in [0.2, 0.25) is 5.88 Å². The van der Waals surface area contributed by atoms with Crippen molar-refractivity contribution < 1.29 is 14.6 Å². The summed E-state index contributed by atoms with van der Waals surface area (Å²) < 4.78 is 6.33. The Hall–Kier alpha value is -2.08. The van der Waals surface area contributed by atoms with Crippen molar-refractivity contribution in [2.75, 3.05) is 5.73 Å². The molecule has 0 aliphatic carbocycles. The molecule has 0 amide bonds. The summed E-state index contributed by atoms with van der Waals surface area (Å²) in [6, 6.07) is 6.89. The average molecular weight is 323 g/mol. The number of nitrogen functional groups attached to an aromatic ring is 1. The van der Waals surface area contributed by atoms with Crippen molar-refractivity contribution in [1.82, 2.24) is 4.98 Å². The molecule has 2 aromatic rings. The number of hydrogen-bond acceptors (Lipinski definition) is 4. The van der Waals surface area contributed by atoms with Crippen molar-refractivity contribution in [3.63, 3.8) is 0 Å². The van der Waals surface area contributed by atoms with E-state index in [9.17, 15) is 4.79 Å². The number of hydrogen-bond donors (Lipinski definition) is 2. The Labute approximate surface area is 118 Å². The molecule has 0 atom stereocenters. The summed E-state index contributed by atoms with van der Waals surface area (Å²) >= 11 is 3.38. The van der Waals surface area contributed by atoms with E-state index in [0.717, 1.165) is 10.0 Å². The van der Waals surface area contributed by atoms with E-state index >= 15 is 0 Å². The summed E-state index contributed by atoms with van der Waals surface area (Å²) in [6.07, 6.45) is 1.20.